The van der Waals surface area contributed by atoms with Gasteiger partial charge in [-0.2, -0.15) is 0 Å². The number of para-hydroxylation sites is 1. The molecule has 196 valence electrons. The van der Waals surface area contributed by atoms with Crippen molar-refractivity contribution in [2.24, 2.45) is 0 Å². The number of nitrogens with zero attached hydrogens (tertiary/aromatic N) is 4. The number of rotatable bonds is 9. The third kappa shape index (κ3) is 8.84. The van der Waals surface area contributed by atoms with Crippen LogP contribution in [-0.2, 0) is 16.0 Å². The zero-order chi connectivity index (χ0) is 26.5. The van der Waals surface area contributed by atoms with Crippen molar-refractivity contribution in [3.05, 3.63) is 53.7 Å². The van der Waals surface area contributed by atoms with E-state index in [1.807, 2.05) is 6.07 Å². The Balaban J connectivity index is 0.000000678. The smallest absolute Gasteiger partial charge is 0.414 e. The van der Waals surface area contributed by atoms with E-state index >= 15 is 0 Å². The lowest BCUT2D eigenvalue weighted by atomic mass is 10.1. The quantitative estimate of drug-likeness (QED) is 0.352. The molecule has 10 nitrogen and oxygen atoms in total. The van der Waals surface area contributed by atoms with Crippen LogP contribution in [0.1, 0.15) is 35.7 Å². The lowest BCUT2D eigenvalue weighted by Gasteiger charge is -2.37. The zero-order valence-electron chi connectivity index (χ0n) is 21.3. The normalized spacial score (nSPS) is 13.4. The molecule has 0 unspecified atom stereocenters. The van der Waals surface area contributed by atoms with E-state index < -0.39 is 11.9 Å². The van der Waals surface area contributed by atoms with Crippen LogP contribution in [0.4, 0.5) is 11.5 Å². The zero-order valence-corrected chi connectivity index (χ0v) is 21.3. The van der Waals surface area contributed by atoms with Crippen molar-refractivity contribution >= 4 is 29.4 Å². The molecule has 0 radical (unpaired) electrons. The summed E-state index contributed by atoms with van der Waals surface area (Å²) in [4.78, 5) is 41.5. The number of benzene rings is 1. The summed E-state index contributed by atoms with van der Waals surface area (Å²) in [5.41, 5.74) is 3.51. The molecule has 36 heavy (non-hydrogen) atoms. The van der Waals surface area contributed by atoms with Gasteiger partial charge in [0.1, 0.15) is 5.82 Å². The highest BCUT2D eigenvalue weighted by Gasteiger charge is 2.19. The van der Waals surface area contributed by atoms with Gasteiger partial charge >= 0.3 is 11.9 Å². The molecule has 1 aliphatic rings. The van der Waals surface area contributed by atoms with Crippen LogP contribution in [0.3, 0.4) is 0 Å². The highest BCUT2D eigenvalue weighted by atomic mass is 16.4. The molecule has 3 rings (SSSR count). The number of aryl methyl sites for hydroxylation is 1. The average Bonchev–Trinajstić information content (AvgIpc) is 2.87. The number of carboxylic acids is 2. The van der Waals surface area contributed by atoms with Crippen LogP contribution in [0.5, 0.6) is 0 Å². The second-order valence-electron chi connectivity index (χ2n) is 8.70. The van der Waals surface area contributed by atoms with Crippen molar-refractivity contribution in [1.82, 2.24) is 14.8 Å². The molecule has 1 aromatic carbocycles. The summed E-state index contributed by atoms with van der Waals surface area (Å²) in [5.74, 6) is -3.00. The molecule has 1 fully saturated rings. The molecule has 2 aromatic rings. The van der Waals surface area contributed by atoms with Gasteiger partial charge in [0, 0.05) is 58.7 Å². The van der Waals surface area contributed by atoms with Gasteiger partial charge < -0.3 is 25.3 Å². The van der Waals surface area contributed by atoms with E-state index in [4.69, 9.17) is 19.8 Å². The Morgan fingerprint density at radius 2 is 1.67 bits per heavy atom. The van der Waals surface area contributed by atoms with Crippen LogP contribution >= 0.6 is 0 Å². The molecule has 2 heterocycles. The molecule has 0 atom stereocenters. The topological polar surface area (TPSA) is 126 Å². The number of nitrogens with one attached hydrogen (secondary N) is 1. The van der Waals surface area contributed by atoms with E-state index in [-0.39, 0.29) is 5.91 Å². The van der Waals surface area contributed by atoms with Crippen molar-refractivity contribution in [2.75, 3.05) is 63.6 Å². The van der Waals surface area contributed by atoms with Crippen molar-refractivity contribution < 1.29 is 24.6 Å². The first kappa shape index (κ1) is 28.6. The van der Waals surface area contributed by atoms with E-state index in [9.17, 15) is 4.79 Å². The monoisotopic (exact) mass is 499 g/mol. The summed E-state index contributed by atoms with van der Waals surface area (Å²) in [6.07, 6.45) is 5.08. The van der Waals surface area contributed by atoms with Gasteiger partial charge in [-0.05, 0) is 43.1 Å². The number of aliphatic carboxylic acids is 2. The van der Waals surface area contributed by atoms with E-state index in [1.165, 1.54) is 17.7 Å². The molecule has 1 aliphatic heterocycles. The first-order valence-electron chi connectivity index (χ1n) is 12.2. The minimum atomic E-state index is -1.82. The minimum Gasteiger partial charge on any atom is -0.473 e. The van der Waals surface area contributed by atoms with Gasteiger partial charge in [-0.1, -0.05) is 31.5 Å². The first-order valence-corrected chi connectivity index (χ1v) is 12.2. The van der Waals surface area contributed by atoms with E-state index in [2.05, 4.69) is 51.3 Å². The number of amides is 1. The first-order chi connectivity index (χ1) is 17.2. The fourth-order valence-electron chi connectivity index (χ4n) is 3.98. The van der Waals surface area contributed by atoms with Crippen molar-refractivity contribution in [3.63, 3.8) is 0 Å². The molecule has 0 spiro atoms. The maximum Gasteiger partial charge on any atom is 0.414 e. The molecular formula is C26H37N5O5. The minimum absolute atomic E-state index is 0.0231. The number of carboxylic acid groups (broad SMARTS) is 2. The van der Waals surface area contributed by atoms with Gasteiger partial charge in [-0.15, -0.1) is 0 Å². The van der Waals surface area contributed by atoms with Gasteiger partial charge in [-0.3, -0.25) is 9.69 Å². The number of carbonyl (C=O) groups is 3. The number of hydrogen-bond donors (Lipinski definition) is 3. The van der Waals surface area contributed by atoms with Crippen LogP contribution < -0.4 is 10.2 Å². The number of hydrogen-bond acceptors (Lipinski definition) is 7. The second kappa shape index (κ2) is 14.7. The summed E-state index contributed by atoms with van der Waals surface area (Å²) < 4.78 is 0. The molecule has 3 N–H and O–H groups in total. The van der Waals surface area contributed by atoms with E-state index in [1.54, 1.807) is 31.3 Å². The highest BCUT2D eigenvalue weighted by Crippen LogP contribution is 2.23. The largest absolute Gasteiger partial charge is 0.473 e. The van der Waals surface area contributed by atoms with Gasteiger partial charge in [0.15, 0.2) is 0 Å². The Hall–Kier alpha value is -3.66. The molecule has 1 aromatic heterocycles. The second-order valence-corrected chi connectivity index (χ2v) is 8.70. The Kier molecular flexibility index (Phi) is 11.6. The third-order valence-corrected chi connectivity index (χ3v) is 5.79. The molecule has 0 bridgehead atoms. The van der Waals surface area contributed by atoms with Gasteiger partial charge in [-0.25, -0.2) is 14.6 Å². The van der Waals surface area contributed by atoms with Crippen molar-refractivity contribution in [3.8, 4) is 0 Å². The lowest BCUT2D eigenvalue weighted by Crippen LogP contribution is -2.47. The van der Waals surface area contributed by atoms with Crippen LogP contribution in [-0.4, -0.2) is 96.2 Å². The molecular weight excluding hydrogens is 462 g/mol. The van der Waals surface area contributed by atoms with E-state index in [0.717, 1.165) is 52.1 Å². The Labute approximate surface area is 212 Å². The van der Waals surface area contributed by atoms with Gasteiger partial charge in [0.2, 0.25) is 0 Å². The molecule has 10 heteroatoms. The highest BCUT2D eigenvalue weighted by molar-refractivity contribution is 6.27. The third-order valence-electron chi connectivity index (χ3n) is 5.79. The summed E-state index contributed by atoms with van der Waals surface area (Å²) in [7, 11) is 3.53. The number of anilines is 2. The number of carbonyl (C=O) groups excluding carboxylic acids is 1. The Bertz CT molecular complexity index is 994. The Morgan fingerprint density at radius 3 is 2.28 bits per heavy atom. The van der Waals surface area contributed by atoms with Gasteiger partial charge in [0.25, 0.3) is 5.91 Å². The number of piperazine rings is 1. The van der Waals surface area contributed by atoms with Crippen molar-refractivity contribution in [1.29, 1.82) is 0 Å². The van der Waals surface area contributed by atoms with E-state index in [0.29, 0.717) is 11.4 Å². The predicted octanol–water partition coefficient (Wildman–Crippen LogP) is 2.52. The summed E-state index contributed by atoms with van der Waals surface area (Å²) in [6, 6.07) is 12.5. The molecule has 0 saturated carbocycles. The van der Waals surface area contributed by atoms with Crippen LogP contribution in [0.2, 0.25) is 0 Å². The fourth-order valence-corrected chi connectivity index (χ4v) is 3.98. The SMILES string of the molecule is CCCc1ccccc1N1CCN(CCCNc2ncccc2C(=O)N(C)C)CC1.O=C(O)C(=O)O. The van der Waals surface area contributed by atoms with Crippen molar-refractivity contribution in [2.45, 2.75) is 26.2 Å². The lowest BCUT2D eigenvalue weighted by molar-refractivity contribution is -0.159. The predicted molar refractivity (Wildman–Crippen MR) is 140 cm³/mol. The fraction of sp³-hybridized carbons (Fsp3) is 0.462. The number of aromatic nitrogens is 1. The maximum atomic E-state index is 12.3. The average molecular weight is 500 g/mol. The Morgan fingerprint density at radius 1 is 1.00 bits per heavy atom. The molecule has 1 saturated heterocycles. The van der Waals surface area contributed by atoms with Crippen LogP contribution in [0.15, 0.2) is 42.6 Å². The summed E-state index contributed by atoms with van der Waals surface area (Å²) >= 11 is 0. The summed E-state index contributed by atoms with van der Waals surface area (Å²) in [6.45, 7) is 8.45. The van der Waals surface area contributed by atoms with Gasteiger partial charge in [0.05, 0.1) is 5.56 Å². The molecule has 1 amide bonds. The van der Waals surface area contributed by atoms with Crippen LogP contribution in [0.25, 0.3) is 0 Å². The summed E-state index contributed by atoms with van der Waals surface area (Å²) in [5, 5.41) is 18.1. The number of pyridine rings is 1. The molecule has 0 aliphatic carbocycles. The maximum absolute atomic E-state index is 12.3. The standard InChI is InChI=1S/C24H35N5O.C2H2O4/c1-4-9-20-10-5-6-12-22(20)29-18-16-28(17-19-29)15-8-14-26-23-21(11-7-13-25-23)24(30)27(2)3;3-1(4)2(5)6/h5-7,10-13H,4,8-9,14-19H2,1-3H3,(H,25,26);(H,3,4)(H,5,6). The van der Waals surface area contributed by atoms with Crippen LogP contribution in [0, 0.1) is 0 Å².